The number of hydrogen-bond acceptors (Lipinski definition) is 0. The Hall–Kier alpha value is -0.0400. The quantitative estimate of drug-likeness (QED) is 0.579. The molecule has 1 saturated heterocycles. The van der Waals surface area contributed by atoms with Crippen LogP contribution in [0.4, 0.5) is 0 Å². The molecule has 1 nitrogen and oxygen atoms in total. The zero-order valence-electron chi connectivity index (χ0n) is 9.34. The van der Waals surface area contributed by atoms with Gasteiger partial charge in [0.1, 0.15) is 0 Å². The molecule has 1 saturated carbocycles. The maximum absolute atomic E-state index is 2.47. The monoisotopic (exact) mass is 182 g/mol. The molecule has 1 heteroatoms. The van der Waals surface area contributed by atoms with E-state index in [4.69, 9.17) is 0 Å². The summed E-state index contributed by atoms with van der Waals surface area (Å²) in [5.74, 6) is 2.03. The van der Waals surface area contributed by atoms with E-state index < -0.39 is 0 Å². The second-order valence-electron chi connectivity index (χ2n) is 5.42. The van der Waals surface area contributed by atoms with Crippen molar-refractivity contribution >= 4 is 0 Å². The van der Waals surface area contributed by atoms with Gasteiger partial charge >= 0.3 is 0 Å². The van der Waals surface area contributed by atoms with E-state index in [1.807, 2.05) is 4.90 Å². The van der Waals surface area contributed by atoms with E-state index in [0.29, 0.717) is 0 Å². The molecule has 76 valence electrons. The van der Waals surface area contributed by atoms with Gasteiger partial charge in [-0.05, 0) is 32.6 Å². The van der Waals surface area contributed by atoms with E-state index in [2.05, 4.69) is 20.9 Å². The van der Waals surface area contributed by atoms with E-state index in [0.717, 1.165) is 23.9 Å². The Morgan fingerprint density at radius 1 is 1.00 bits per heavy atom. The van der Waals surface area contributed by atoms with Gasteiger partial charge in [-0.2, -0.15) is 0 Å². The molecule has 1 unspecified atom stereocenters. The molecule has 1 aliphatic heterocycles. The van der Waals surface area contributed by atoms with Gasteiger partial charge in [-0.1, -0.05) is 13.3 Å². The largest absolute Gasteiger partial charge is 0.332 e. The minimum absolute atomic E-state index is 0.904. The lowest BCUT2D eigenvalue weighted by atomic mass is 9.72. The van der Waals surface area contributed by atoms with Crippen molar-refractivity contribution in [1.29, 1.82) is 0 Å². The Morgan fingerprint density at radius 3 is 2.54 bits per heavy atom. The molecule has 2 aliphatic rings. The number of likely N-dealkylation sites (tertiary alicyclic amines) is 1. The van der Waals surface area contributed by atoms with Gasteiger partial charge < -0.3 is 4.90 Å². The van der Waals surface area contributed by atoms with E-state index >= 15 is 0 Å². The van der Waals surface area contributed by atoms with Crippen LogP contribution in [-0.2, 0) is 0 Å². The smallest absolute Gasteiger partial charge is 0.0928 e. The third-order valence-electron chi connectivity index (χ3n) is 4.63. The maximum atomic E-state index is 2.47. The summed E-state index contributed by atoms with van der Waals surface area (Å²) >= 11 is 0. The predicted molar refractivity (Wildman–Crippen MR) is 55.9 cm³/mol. The molecule has 1 N–H and O–H groups in total. The number of nitrogens with one attached hydrogen (secondary N) is 1. The lowest BCUT2D eigenvalue weighted by Crippen LogP contribution is -3.18. The highest BCUT2D eigenvalue weighted by atomic mass is 15.2. The first-order valence-corrected chi connectivity index (χ1v) is 6.03. The second-order valence-corrected chi connectivity index (χ2v) is 5.42. The summed E-state index contributed by atoms with van der Waals surface area (Å²) in [6, 6.07) is 1.89. The molecule has 0 spiro atoms. The van der Waals surface area contributed by atoms with Crippen molar-refractivity contribution in [3.8, 4) is 0 Å². The summed E-state index contributed by atoms with van der Waals surface area (Å²) in [4.78, 5) is 1.82. The Labute approximate surface area is 82.5 Å². The predicted octanol–water partition coefficient (Wildman–Crippen LogP) is 1.49. The summed E-state index contributed by atoms with van der Waals surface area (Å²) in [6.07, 6.45) is 7.45. The Bertz CT molecular complexity index is 176. The first-order chi connectivity index (χ1) is 6.20. The topological polar surface area (TPSA) is 4.44 Å². The van der Waals surface area contributed by atoms with Gasteiger partial charge in [0.2, 0.25) is 0 Å². The van der Waals surface area contributed by atoms with Crippen molar-refractivity contribution in [3.63, 3.8) is 0 Å². The minimum atomic E-state index is 0.904. The number of fused-ring (bicyclic) bond motifs is 1. The van der Waals surface area contributed by atoms with Gasteiger partial charge in [0.05, 0.1) is 19.1 Å². The highest BCUT2D eigenvalue weighted by Crippen LogP contribution is 2.32. The highest BCUT2D eigenvalue weighted by Gasteiger charge is 2.41. The molecule has 0 amide bonds. The Balaban J connectivity index is 2.10. The summed E-state index contributed by atoms with van der Waals surface area (Å²) in [7, 11) is 2.42. The molecule has 2 fully saturated rings. The van der Waals surface area contributed by atoms with Crippen LogP contribution in [0, 0.1) is 11.8 Å². The molecule has 5 atom stereocenters. The Morgan fingerprint density at radius 2 is 1.77 bits per heavy atom. The van der Waals surface area contributed by atoms with Crippen LogP contribution < -0.4 is 4.90 Å². The highest BCUT2D eigenvalue weighted by molar-refractivity contribution is 4.83. The second kappa shape index (κ2) is 3.61. The summed E-state index contributed by atoms with van der Waals surface area (Å²) in [6.45, 7) is 4.89. The maximum Gasteiger partial charge on any atom is 0.0928 e. The third-order valence-corrected chi connectivity index (χ3v) is 4.63. The zero-order valence-corrected chi connectivity index (χ0v) is 9.34. The van der Waals surface area contributed by atoms with Crippen LogP contribution in [0.15, 0.2) is 0 Å². The molecule has 13 heavy (non-hydrogen) atoms. The van der Waals surface area contributed by atoms with Crippen LogP contribution >= 0.6 is 0 Å². The van der Waals surface area contributed by atoms with Crippen LogP contribution in [-0.4, -0.2) is 19.1 Å². The van der Waals surface area contributed by atoms with Gasteiger partial charge in [0.15, 0.2) is 0 Å². The lowest BCUT2D eigenvalue weighted by Gasteiger charge is -2.45. The van der Waals surface area contributed by atoms with Crippen molar-refractivity contribution in [3.05, 3.63) is 0 Å². The van der Waals surface area contributed by atoms with Gasteiger partial charge in [-0.15, -0.1) is 0 Å². The first kappa shape index (κ1) is 9.51. The molecule has 0 aromatic heterocycles. The molecule has 0 radical (unpaired) electrons. The Kier molecular flexibility index (Phi) is 2.64. The average Bonchev–Trinajstić information content (AvgIpc) is 2.12. The van der Waals surface area contributed by atoms with Gasteiger partial charge in [-0.25, -0.2) is 0 Å². The van der Waals surface area contributed by atoms with Gasteiger partial charge in [0, 0.05) is 11.8 Å². The summed E-state index contributed by atoms with van der Waals surface area (Å²) in [5, 5.41) is 0. The summed E-state index contributed by atoms with van der Waals surface area (Å²) in [5.41, 5.74) is 0. The van der Waals surface area contributed by atoms with Crippen LogP contribution in [0.1, 0.15) is 46.0 Å². The van der Waals surface area contributed by atoms with Crippen LogP contribution in [0.3, 0.4) is 0 Å². The van der Waals surface area contributed by atoms with Crippen molar-refractivity contribution < 1.29 is 4.90 Å². The molecular formula is C12H24N+. The standard InChI is InChI=1S/C12H23N/c1-9-5-4-6-11-8-7-10(2)13(3)12(9)11/h9-12H,4-8H2,1-3H3/p+1/t9-,10-,11-,12+/m1/s1. The van der Waals surface area contributed by atoms with E-state index in [1.165, 1.54) is 32.1 Å². The van der Waals surface area contributed by atoms with E-state index in [9.17, 15) is 0 Å². The van der Waals surface area contributed by atoms with Crippen molar-refractivity contribution in [1.82, 2.24) is 0 Å². The third kappa shape index (κ3) is 1.63. The van der Waals surface area contributed by atoms with Crippen LogP contribution in [0.25, 0.3) is 0 Å². The number of piperidine rings is 1. The first-order valence-electron chi connectivity index (χ1n) is 6.03. The number of rotatable bonds is 0. The lowest BCUT2D eigenvalue weighted by molar-refractivity contribution is -0.944. The molecule has 2 rings (SSSR count). The molecular weight excluding hydrogens is 158 g/mol. The van der Waals surface area contributed by atoms with Crippen molar-refractivity contribution in [2.75, 3.05) is 7.05 Å². The normalized spacial score (nSPS) is 51.5. The fourth-order valence-corrected chi connectivity index (χ4v) is 3.69. The van der Waals surface area contributed by atoms with Crippen LogP contribution in [0.2, 0.25) is 0 Å². The van der Waals surface area contributed by atoms with E-state index in [-0.39, 0.29) is 0 Å². The molecule has 0 aromatic carbocycles. The van der Waals surface area contributed by atoms with Crippen molar-refractivity contribution in [2.45, 2.75) is 58.0 Å². The molecule has 1 aliphatic carbocycles. The van der Waals surface area contributed by atoms with E-state index in [1.54, 1.807) is 0 Å². The minimum Gasteiger partial charge on any atom is -0.332 e. The zero-order chi connectivity index (χ0) is 9.42. The fourth-order valence-electron chi connectivity index (χ4n) is 3.69. The SMILES string of the molecule is C[C@@H]1CCC[C@@H]2CC[C@@H](C)[NH+](C)[C@H]21. The van der Waals surface area contributed by atoms with Crippen LogP contribution in [0.5, 0.6) is 0 Å². The molecule has 0 aromatic rings. The summed E-state index contributed by atoms with van der Waals surface area (Å²) < 4.78 is 0. The molecule has 0 bridgehead atoms. The average molecular weight is 182 g/mol. The fraction of sp³-hybridized carbons (Fsp3) is 1.00. The van der Waals surface area contributed by atoms with Gasteiger partial charge in [0.25, 0.3) is 0 Å². The molecule has 1 heterocycles. The van der Waals surface area contributed by atoms with Gasteiger partial charge in [-0.3, -0.25) is 0 Å². The van der Waals surface area contributed by atoms with Crippen molar-refractivity contribution in [2.24, 2.45) is 11.8 Å². The number of quaternary nitrogens is 1. The number of hydrogen-bond donors (Lipinski definition) is 1.